The molecule has 10 heavy (non-hydrogen) atoms. The Bertz CT molecular complexity index is 213. The maximum atomic E-state index is 11.9. The molecule has 56 valence electrons. The van der Waals surface area contributed by atoms with Crippen LogP contribution in [0.2, 0.25) is 0 Å². The molecule has 5 heteroatoms. The molecule has 1 aromatic rings. The topological polar surface area (TPSA) is 26.0 Å². The smallest absolute Gasteiger partial charge is 0.297 e. The molecule has 0 unspecified atom stereocenters. The van der Waals surface area contributed by atoms with Gasteiger partial charge in [0.05, 0.1) is 5.69 Å². The fourth-order valence-corrected chi connectivity index (χ4v) is 0.977. The number of hydrogen-bond donors (Lipinski definition) is 0. The van der Waals surface area contributed by atoms with Crippen LogP contribution < -0.4 is 0 Å². The summed E-state index contributed by atoms with van der Waals surface area (Å²) in [6, 6.07) is 0. The Morgan fingerprint density at radius 2 is 2.40 bits per heavy atom. The number of hydrogen-bond acceptors (Lipinski definition) is 2. The van der Waals surface area contributed by atoms with Crippen LogP contribution in [0.1, 0.15) is 17.9 Å². The van der Waals surface area contributed by atoms with E-state index in [9.17, 15) is 8.78 Å². The van der Waals surface area contributed by atoms with E-state index in [0.29, 0.717) is 5.33 Å². The summed E-state index contributed by atoms with van der Waals surface area (Å²) in [4.78, 5) is 3.56. The van der Waals surface area contributed by atoms with Gasteiger partial charge in [0.1, 0.15) is 0 Å². The number of rotatable bonds is 2. The molecule has 1 aromatic heterocycles. The molecular weight excluding hydrogens is 208 g/mol. The molecule has 0 aromatic carbocycles. The third-order valence-electron chi connectivity index (χ3n) is 0.997. The van der Waals surface area contributed by atoms with E-state index >= 15 is 0 Å². The Hall–Kier alpha value is -0.450. The summed E-state index contributed by atoms with van der Waals surface area (Å²) >= 11 is 3.00. The van der Waals surface area contributed by atoms with Crippen LogP contribution in [-0.4, -0.2) is 4.98 Å². The second kappa shape index (κ2) is 3.09. The molecule has 0 atom stereocenters. The minimum Gasteiger partial charge on any atom is -0.442 e. The zero-order chi connectivity index (χ0) is 7.56. The average molecular weight is 212 g/mol. The van der Waals surface area contributed by atoms with E-state index < -0.39 is 6.43 Å². The molecule has 0 aliphatic rings. The number of aromatic nitrogens is 1. The lowest BCUT2D eigenvalue weighted by molar-refractivity contribution is 0.121. The highest BCUT2D eigenvalue weighted by atomic mass is 79.9. The van der Waals surface area contributed by atoms with Crippen LogP contribution in [0.4, 0.5) is 8.78 Å². The van der Waals surface area contributed by atoms with Gasteiger partial charge in [-0.3, -0.25) is 0 Å². The van der Waals surface area contributed by atoms with E-state index in [1.165, 1.54) is 0 Å². The van der Waals surface area contributed by atoms with Crippen molar-refractivity contribution in [3.05, 3.63) is 17.8 Å². The molecule has 0 saturated carbocycles. The Balaban J connectivity index is 2.90. The molecular formula is C5H4BrF2NO. The molecule has 0 aliphatic heterocycles. The lowest BCUT2D eigenvalue weighted by Crippen LogP contribution is -1.86. The second-order valence-corrected chi connectivity index (χ2v) is 2.16. The number of alkyl halides is 3. The van der Waals surface area contributed by atoms with Crippen molar-refractivity contribution in [1.82, 2.24) is 4.98 Å². The Kier molecular flexibility index (Phi) is 2.37. The molecule has 0 radical (unpaired) electrons. The predicted molar refractivity (Wildman–Crippen MR) is 34.1 cm³/mol. The van der Waals surface area contributed by atoms with Crippen LogP contribution in [0.3, 0.4) is 0 Å². The van der Waals surface area contributed by atoms with Crippen LogP contribution in [0.15, 0.2) is 10.8 Å². The zero-order valence-electron chi connectivity index (χ0n) is 4.85. The molecule has 0 N–H and O–H groups in total. The highest BCUT2D eigenvalue weighted by molar-refractivity contribution is 9.08. The second-order valence-electron chi connectivity index (χ2n) is 1.60. The van der Waals surface area contributed by atoms with Gasteiger partial charge in [0.2, 0.25) is 0 Å². The Morgan fingerprint density at radius 3 is 2.80 bits per heavy atom. The van der Waals surface area contributed by atoms with E-state index in [2.05, 4.69) is 25.3 Å². The van der Waals surface area contributed by atoms with Gasteiger partial charge in [-0.15, -0.1) is 0 Å². The lowest BCUT2D eigenvalue weighted by atomic mass is 10.4. The Labute approximate surface area is 64.4 Å². The van der Waals surface area contributed by atoms with Crippen molar-refractivity contribution in [1.29, 1.82) is 0 Å². The fourth-order valence-electron chi connectivity index (χ4n) is 0.556. The molecule has 0 fully saturated rings. The molecule has 0 saturated heterocycles. The summed E-state index contributed by atoms with van der Waals surface area (Å²) in [6.07, 6.45) is -1.56. The quantitative estimate of drug-likeness (QED) is 0.703. The summed E-state index contributed by atoms with van der Waals surface area (Å²) in [5.41, 5.74) is 0.259. The highest BCUT2D eigenvalue weighted by Crippen LogP contribution is 2.22. The standard InChI is InChI=1S/C5H4BrF2NO/c6-1-3-4(5(7)8)10-2-9-3/h2,5H,1H2. The van der Waals surface area contributed by atoms with E-state index in [4.69, 9.17) is 0 Å². The van der Waals surface area contributed by atoms with Gasteiger partial charge in [-0.1, -0.05) is 15.9 Å². The first-order chi connectivity index (χ1) is 4.75. The third kappa shape index (κ3) is 1.34. The molecule has 0 bridgehead atoms. The van der Waals surface area contributed by atoms with Gasteiger partial charge in [0, 0.05) is 5.33 Å². The van der Waals surface area contributed by atoms with E-state index in [0.717, 1.165) is 6.39 Å². The largest absolute Gasteiger partial charge is 0.442 e. The molecule has 0 spiro atoms. The predicted octanol–water partition coefficient (Wildman–Crippen LogP) is 2.51. The van der Waals surface area contributed by atoms with Crippen molar-refractivity contribution < 1.29 is 13.2 Å². The van der Waals surface area contributed by atoms with Gasteiger partial charge in [0.25, 0.3) is 6.43 Å². The van der Waals surface area contributed by atoms with Crippen LogP contribution in [0, 0.1) is 0 Å². The number of nitrogens with zero attached hydrogens (tertiary/aromatic N) is 1. The van der Waals surface area contributed by atoms with Crippen molar-refractivity contribution in [3.8, 4) is 0 Å². The van der Waals surface area contributed by atoms with Gasteiger partial charge in [-0.25, -0.2) is 13.8 Å². The maximum absolute atomic E-state index is 11.9. The first-order valence-corrected chi connectivity index (χ1v) is 3.64. The number of oxazole rings is 1. The first-order valence-electron chi connectivity index (χ1n) is 2.52. The van der Waals surface area contributed by atoms with Crippen molar-refractivity contribution in [2.45, 2.75) is 11.8 Å². The van der Waals surface area contributed by atoms with E-state index in [1.54, 1.807) is 0 Å². The highest BCUT2D eigenvalue weighted by Gasteiger charge is 2.16. The molecule has 0 amide bonds. The zero-order valence-corrected chi connectivity index (χ0v) is 6.44. The summed E-state index contributed by atoms with van der Waals surface area (Å²) in [7, 11) is 0. The van der Waals surface area contributed by atoms with Crippen molar-refractivity contribution in [2.24, 2.45) is 0 Å². The molecule has 1 rings (SSSR count). The van der Waals surface area contributed by atoms with Crippen molar-refractivity contribution in [2.75, 3.05) is 0 Å². The maximum Gasteiger partial charge on any atom is 0.297 e. The summed E-state index contributed by atoms with van der Waals surface area (Å²) in [6.45, 7) is 0. The van der Waals surface area contributed by atoms with E-state index in [-0.39, 0.29) is 11.5 Å². The van der Waals surface area contributed by atoms with Crippen LogP contribution in [-0.2, 0) is 5.33 Å². The van der Waals surface area contributed by atoms with Gasteiger partial charge < -0.3 is 4.42 Å². The SMILES string of the molecule is FC(F)c1ocnc1CBr. The van der Waals surface area contributed by atoms with Gasteiger partial charge >= 0.3 is 0 Å². The van der Waals surface area contributed by atoms with Crippen LogP contribution in [0.25, 0.3) is 0 Å². The summed E-state index contributed by atoms with van der Waals surface area (Å²) in [5.74, 6) is -0.350. The molecule has 1 heterocycles. The fraction of sp³-hybridized carbons (Fsp3) is 0.400. The minimum atomic E-state index is -2.57. The van der Waals surface area contributed by atoms with Crippen LogP contribution in [0.5, 0.6) is 0 Å². The molecule has 0 aliphatic carbocycles. The number of halogens is 3. The summed E-state index contributed by atoms with van der Waals surface area (Å²) in [5, 5.41) is 0.295. The van der Waals surface area contributed by atoms with E-state index in [1.807, 2.05) is 0 Å². The Morgan fingerprint density at radius 1 is 1.70 bits per heavy atom. The monoisotopic (exact) mass is 211 g/mol. The van der Waals surface area contributed by atoms with Gasteiger partial charge in [-0.05, 0) is 0 Å². The average Bonchev–Trinajstić information content (AvgIpc) is 2.33. The summed E-state index contributed by atoms with van der Waals surface area (Å²) < 4.78 is 28.2. The van der Waals surface area contributed by atoms with Gasteiger partial charge in [-0.2, -0.15) is 0 Å². The van der Waals surface area contributed by atoms with Crippen molar-refractivity contribution in [3.63, 3.8) is 0 Å². The van der Waals surface area contributed by atoms with Crippen molar-refractivity contribution >= 4 is 15.9 Å². The normalized spacial score (nSPS) is 10.8. The first kappa shape index (κ1) is 7.65. The van der Waals surface area contributed by atoms with Gasteiger partial charge in [0.15, 0.2) is 12.2 Å². The minimum absolute atomic E-state index is 0.259. The van der Waals surface area contributed by atoms with Crippen LogP contribution >= 0.6 is 15.9 Å². The third-order valence-corrected chi connectivity index (χ3v) is 1.53. The molecule has 2 nitrogen and oxygen atoms in total. The lowest BCUT2D eigenvalue weighted by Gasteiger charge is -1.92.